The van der Waals surface area contributed by atoms with Crippen molar-refractivity contribution in [2.75, 3.05) is 6.61 Å². The van der Waals surface area contributed by atoms with E-state index in [-0.39, 0.29) is 16.7 Å². The maximum atomic E-state index is 13.0. The van der Waals surface area contributed by atoms with Gasteiger partial charge in [-0.25, -0.2) is 8.78 Å². The van der Waals surface area contributed by atoms with Gasteiger partial charge in [-0.3, -0.25) is 4.79 Å². The van der Waals surface area contributed by atoms with E-state index in [1.165, 1.54) is 24.3 Å². The molecular formula is C16H12F4O2S. The van der Waals surface area contributed by atoms with E-state index in [0.29, 0.717) is 11.1 Å². The molecule has 7 heteroatoms. The first-order chi connectivity index (χ1) is 10.8. The van der Waals surface area contributed by atoms with Gasteiger partial charge in [0.2, 0.25) is 0 Å². The Morgan fingerprint density at radius 3 is 1.91 bits per heavy atom. The molecule has 2 aromatic carbocycles. The highest BCUT2D eigenvalue weighted by Crippen LogP contribution is 2.40. The van der Waals surface area contributed by atoms with Gasteiger partial charge in [-0.1, -0.05) is 36.4 Å². The number of hydrogen-bond donors (Lipinski definition) is 1. The fourth-order valence-corrected chi connectivity index (χ4v) is 2.53. The molecule has 0 fully saturated rings. The van der Waals surface area contributed by atoms with Crippen LogP contribution >= 0.6 is 11.8 Å². The van der Waals surface area contributed by atoms with E-state index in [4.69, 9.17) is 5.11 Å². The molecule has 0 amide bonds. The molecule has 122 valence electrons. The van der Waals surface area contributed by atoms with Crippen LogP contribution in [-0.4, -0.2) is 29.2 Å². The van der Waals surface area contributed by atoms with Crippen LogP contribution in [0.5, 0.6) is 0 Å². The summed E-state index contributed by atoms with van der Waals surface area (Å²) in [7, 11) is 0. The molecule has 2 rings (SSSR count). The molecule has 2 nitrogen and oxygen atoms in total. The van der Waals surface area contributed by atoms with Crippen LogP contribution in [0, 0.1) is 0 Å². The van der Waals surface area contributed by atoms with Crippen molar-refractivity contribution in [1.82, 2.24) is 0 Å². The first-order valence-corrected chi connectivity index (χ1v) is 7.34. The number of thioether (sulfide) groups is 1. The zero-order chi connectivity index (χ0) is 17.0. The van der Waals surface area contributed by atoms with Gasteiger partial charge in [-0.15, -0.1) is 0 Å². The third-order valence-electron chi connectivity index (χ3n) is 3.05. The minimum Gasteiger partial charge on any atom is -0.388 e. The quantitative estimate of drug-likeness (QED) is 0.477. The number of hydrogen-bond acceptors (Lipinski definition) is 3. The maximum Gasteiger partial charge on any atom is 0.357 e. The van der Waals surface area contributed by atoms with E-state index in [1.54, 1.807) is 24.3 Å². The molecule has 23 heavy (non-hydrogen) atoms. The van der Waals surface area contributed by atoms with Gasteiger partial charge in [0.25, 0.3) is 0 Å². The van der Waals surface area contributed by atoms with Gasteiger partial charge in [-0.2, -0.15) is 8.78 Å². The van der Waals surface area contributed by atoms with Crippen LogP contribution < -0.4 is 0 Å². The average Bonchev–Trinajstić information content (AvgIpc) is 2.54. The summed E-state index contributed by atoms with van der Waals surface area (Å²) >= 11 is -0.189. The summed E-state index contributed by atoms with van der Waals surface area (Å²) in [6.07, 6.45) is -3.73. The van der Waals surface area contributed by atoms with Crippen molar-refractivity contribution >= 4 is 17.5 Å². The predicted molar refractivity (Wildman–Crippen MR) is 80.1 cm³/mol. The second-order valence-corrected chi connectivity index (χ2v) is 5.87. The van der Waals surface area contributed by atoms with Crippen LogP contribution in [0.2, 0.25) is 0 Å². The molecule has 0 bridgehead atoms. The van der Waals surface area contributed by atoms with E-state index in [1.807, 2.05) is 0 Å². The minimum atomic E-state index is -4.13. The summed E-state index contributed by atoms with van der Waals surface area (Å²) in [5, 5.41) is 4.64. The Balaban J connectivity index is 2.15. The van der Waals surface area contributed by atoms with Crippen LogP contribution in [0.4, 0.5) is 17.6 Å². The smallest absolute Gasteiger partial charge is 0.357 e. The molecular weight excluding hydrogens is 332 g/mol. The lowest BCUT2D eigenvalue weighted by atomic mass is 10.0. The van der Waals surface area contributed by atoms with Crippen LogP contribution in [0.3, 0.4) is 0 Å². The Hall–Kier alpha value is -1.86. The monoisotopic (exact) mass is 344 g/mol. The third-order valence-corrected chi connectivity index (χ3v) is 4.00. The van der Waals surface area contributed by atoms with Gasteiger partial charge in [0.05, 0.1) is 0 Å². The summed E-state index contributed by atoms with van der Waals surface area (Å²) < 4.78 is 50.3. The van der Waals surface area contributed by atoms with Gasteiger partial charge in [0.1, 0.15) is 6.61 Å². The molecule has 0 atom stereocenters. The number of carbonyl (C=O) groups is 1. The fraction of sp³-hybridized carbons (Fsp3) is 0.188. The number of ketones is 1. The van der Waals surface area contributed by atoms with E-state index in [9.17, 15) is 22.4 Å². The number of benzene rings is 2. The van der Waals surface area contributed by atoms with Crippen LogP contribution in [0.15, 0.2) is 53.4 Å². The molecule has 0 saturated carbocycles. The Bertz CT molecular complexity index is 669. The first-order valence-electron chi connectivity index (χ1n) is 6.53. The number of carbonyl (C=O) groups excluding carboxylic acids is 1. The number of aliphatic hydroxyl groups excluding tert-OH is 1. The Labute approximate surface area is 134 Å². The van der Waals surface area contributed by atoms with Gasteiger partial charge in [-0.05, 0) is 35.0 Å². The number of Topliss-reactive ketones (excluding diaryl/α,β-unsaturated/α-hetero) is 1. The lowest BCUT2D eigenvalue weighted by Crippen LogP contribution is -2.21. The van der Waals surface area contributed by atoms with E-state index < -0.39 is 24.1 Å². The van der Waals surface area contributed by atoms with E-state index in [2.05, 4.69) is 0 Å². The lowest BCUT2D eigenvalue weighted by molar-refractivity contribution is -0.0563. The van der Waals surface area contributed by atoms with Crippen molar-refractivity contribution < 1.29 is 27.5 Å². The Morgan fingerprint density at radius 2 is 1.48 bits per heavy atom. The zero-order valence-corrected chi connectivity index (χ0v) is 12.5. The molecule has 1 N–H and O–H groups in total. The largest absolute Gasteiger partial charge is 0.388 e. The van der Waals surface area contributed by atoms with Crippen molar-refractivity contribution in [3.63, 3.8) is 0 Å². The van der Waals surface area contributed by atoms with Crippen molar-refractivity contribution in [3.8, 4) is 11.1 Å². The molecule has 0 aliphatic carbocycles. The highest BCUT2D eigenvalue weighted by molar-refractivity contribution is 8.00. The van der Waals surface area contributed by atoms with Gasteiger partial charge in [0, 0.05) is 10.5 Å². The van der Waals surface area contributed by atoms with Gasteiger partial charge in [0.15, 0.2) is 5.78 Å². The van der Waals surface area contributed by atoms with Gasteiger partial charge < -0.3 is 5.11 Å². The second-order valence-electron chi connectivity index (χ2n) is 4.65. The standard InChI is InChI=1S/C16H12F4O2S/c17-15(18)16(19,20)23-13-7-5-11(6-8-13)10-1-3-12(4-2-10)14(22)9-21/h1-8,15,21H,9H2. The molecule has 0 aliphatic rings. The molecule has 0 aromatic heterocycles. The van der Waals surface area contributed by atoms with Crippen molar-refractivity contribution in [2.45, 2.75) is 16.6 Å². The van der Waals surface area contributed by atoms with Crippen molar-refractivity contribution in [1.29, 1.82) is 0 Å². The summed E-state index contributed by atoms with van der Waals surface area (Å²) in [4.78, 5) is 11.3. The maximum absolute atomic E-state index is 13.0. The van der Waals surface area contributed by atoms with E-state index >= 15 is 0 Å². The summed E-state index contributed by atoms with van der Waals surface area (Å²) in [6.45, 7) is -0.580. The molecule has 0 spiro atoms. The van der Waals surface area contributed by atoms with E-state index in [0.717, 1.165) is 5.56 Å². The molecule has 0 radical (unpaired) electrons. The molecule has 0 heterocycles. The second kappa shape index (κ2) is 7.14. The number of aliphatic hydroxyl groups is 1. The minimum absolute atomic E-state index is 0.0335. The van der Waals surface area contributed by atoms with Crippen LogP contribution in [0.25, 0.3) is 11.1 Å². The summed E-state index contributed by atoms with van der Waals surface area (Å²) in [6, 6.07) is 12.1. The molecule has 0 aliphatic heterocycles. The SMILES string of the molecule is O=C(CO)c1ccc(-c2ccc(SC(F)(F)C(F)F)cc2)cc1. The molecule has 0 unspecified atom stereocenters. The average molecular weight is 344 g/mol. The molecule has 2 aromatic rings. The topological polar surface area (TPSA) is 37.3 Å². The zero-order valence-electron chi connectivity index (χ0n) is 11.7. The number of rotatable bonds is 6. The fourth-order valence-electron chi connectivity index (χ4n) is 1.86. The van der Waals surface area contributed by atoms with Crippen molar-refractivity contribution in [2.24, 2.45) is 0 Å². The summed E-state index contributed by atoms with van der Waals surface area (Å²) in [5.74, 6) is -0.405. The normalized spacial score (nSPS) is 11.7. The van der Waals surface area contributed by atoms with Crippen molar-refractivity contribution in [3.05, 3.63) is 54.1 Å². The van der Waals surface area contributed by atoms with Crippen LogP contribution in [0.1, 0.15) is 10.4 Å². The summed E-state index contributed by atoms with van der Waals surface area (Å²) in [5.41, 5.74) is 1.79. The predicted octanol–water partition coefficient (Wildman–Crippen LogP) is 4.48. The highest BCUT2D eigenvalue weighted by atomic mass is 32.2. The lowest BCUT2D eigenvalue weighted by Gasteiger charge is -2.14. The Kier molecular flexibility index (Phi) is 5.43. The van der Waals surface area contributed by atoms with Gasteiger partial charge >= 0.3 is 11.7 Å². The molecule has 0 saturated heterocycles. The highest BCUT2D eigenvalue weighted by Gasteiger charge is 2.41. The Morgan fingerprint density at radius 1 is 1.00 bits per heavy atom. The first kappa shape index (κ1) is 17.5. The van der Waals surface area contributed by atoms with Crippen LogP contribution in [-0.2, 0) is 0 Å². The number of alkyl halides is 4. The third kappa shape index (κ3) is 4.33. The number of halogens is 4.